The number of nitriles is 1. The lowest BCUT2D eigenvalue weighted by Crippen LogP contribution is -2.43. The first-order valence-electron chi connectivity index (χ1n) is 5.91. The quantitative estimate of drug-likeness (QED) is 0.845. The van der Waals surface area contributed by atoms with Crippen LogP contribution in [0.15, 0.2) is 30.9 Å². The van der Waals surface area contributed by atoms with E-state index in [1.54, 1.807) is 12.1 Å². The summed E-state index contributed by atoms with van der Waals surface area (Å²) in [7, 11) is 0. The van der Waals surface area contributed by atoms with E-state index in [1.165, 1.54) is 12.1 Å². The molecule has 0 bridgehead atoms. The number of hydrogen-bond donors (Lipinski definition) is 1. The average Bonchev–Trinajstić information content (AvgIpc) is 2.83. The number of benzene rings is 1. The Morgan fingerprint density at radius 3 is 2.95 bits per heavy atom. The van der Waals surface area contributed by atoms with Crippen molar-refractivity contribution in [2.45, 2.75) is 12.5 Å². The molecule has 2 rings (SSSR count). The normalized spacial score (nSPS) is 16.1. The fraction of sp³-hybridized carbons (Fsp3) is 0.214. The maximum atomic E-state index is 12.0. The number of carbonyl (C=O) groups excluding carboxylic acids is 1. The van der Waals surface area contributed by atoms with Crippen molar-refractivity contribution in [3.8, 4) is 6.07 Å². The zero-order chi connectivity index (χ0) is 14.7. The van der Waals surface area contributed by atoms with Crippen LogP contribution in [0.3, 0.4) is 0 Å². The number of carboxylic acids is 1. The summed E-state index contributed by atoms with van der Waals surface area (Å²) in [5, 5.41) is 18.1. The highest BCUT2D eigenvalue weighted by Crippen LogP contribution is 2.33. The van der Waals surface area contributed by atoms with Gasteiger partial charge in [0.2, 0.25) is 0 Å². The molecule has 1 aromatic rings. The van der Waals surface area contributed by atoms with Crippen LogP contribution in [0.2, 0.25) is 0 Å². The molecule has 20 heavy (non-hydrogen) atoms. The van der Waals surface area contributed by atoms with Gasteiger partial charge in [-0.05, 0) is 17.7 Å². The third-order valence-electron chi connectivity index (χ3n) is 3.01. The molecule has 0 aliphatic carbocycles. The van der Waals surface area contributed by atoms with E-state index in [2.05, 4.69) is 6.58 Å². The van der Waals surface area contributed by atoms with Gasteiger partial charge in [-0.2, -0.15) is 5.26 Å². The molecule has 1 N–H and O–H groups in total. The molecule has 1 aliphatic rings. The number of aliphatic carboxylic acids is 1. The van der Waals surface area contributed by atoms with Gasteiger partial charge < -0.3 is 9.84 Å². The van der Waals surface area contributed by atoms with Crippen molar-refractivity contribution in [1.29, 1.82) is 5.26 Å². The molecule has 1 unspecified atom stereocenters. The molecule has 0 saturated carbocycles. The van der Waals surface area contributed by atoms with Crippen molar-refractivity contribution in [2.24, 2.45) is 0 Å². The molecule has 6 nitrogen and oxygen atoms in total. The van der Waals surface area contributed by atoms with Crippen LogP contribution in [0, 0.1) is 11.3 Å². The molecular formula is C14H12N2O4. The first-order chi connectivity index (χ1) is 9.58. The van der Waals surface area contributed by atoms with Crippen molar-refractivity contribution >= 4 is 17.7 Å². The van der Waals surface area contributed by atoms with Crippen molar-refractivity contribution in [3.05, 3.63) is 42.0 Å². The lowest BCUT2D eigenvalue weighted by atomic mass is 10.1. The zero-order valence-electron chi connectivity index (χ0n) is 10.6. The Morgan fingerprint density at radius 1 is 1.60 bits per heavy atom. The van der Waals surface area contributed by atoms with Crippen LogP contribution in [0.1, 0.15) is 11.1 Å². The second kappa shape index (κ2) is 5.45. The molecule has 0 spiro atoms. The summed E-state index contributed by atoms with van der Waals surface area (Å²) in [5.41, 5.74) is 1.47. The van der Waals surface area contributed by atoms with Crippen LogP contribution in [0.25, 0.3) is 0 Å². The Labute approximate surface area is 115 Å². The van der Waals surface area contributed by atoms with Gasteiger partial charge in [-0.1, -0.05) is 18.7 Å². The molecule has 1 amide bonds. The molecule has 1 aliphatic heterocycles. The summed E-state index contributed by atoms with van der Waals surface area (Å²) < 4.78 is 4.91. The van der Waals surface area contributed by atoms with Gasteiger partial charge in [-0.25, -0.2) is 9.59 Å². The van der Waals surface area contributed by atoms with E-state index in [9.17, 15) is 14.7 Å². The molecule has 1 heterocycles. The third-order valence-corrected chi connectivity index (χ3v) is 3.01. The number of hydrogen-bond acceptors (Lipinski definition) is 4. The van der Waals surface area contributed by atoms with Gasteiger partial charge >= 0.3 is 12.1 Å². The van der Waals surface area contributed by atoms with Crippen LogP contribution >= 0.6 is 0 Å². The maximum absolute atomic E-state index is 12.0. The van der Waals surface area contributed by atoms with Crippen molar-refractivity contribution < 1.29 is 19.4 Å². The Balaban J connectivity index is 2.40. The second-order valence-corrected chi connectivity index (χ2v) is 4.25. The summed E-state index contributed by atoms with van der Waals surface area (Å²) in [4.78, 5) is 24.3. The topological polar surface area (TPSA) is 90.6 Å². The van der Waals surface area contributed by atoms with Gasteiger partial charge in [-0.15, -0.1) is 0 Å². The van der Waals surface area contributed by atoms with Crippen LogP contribution in [-0.2, 0) is 16.0 Å². The van der Waals surface area contributed by atoms with Crippen LogP contribution in [0.4, 0.5) is 10.5 Å². The van der Waals surface area contributed by atoms with Crippen molar-refractivity contribution in [3.63, 3.8) is 0 Å². The van der Waals surface area contributed by atoms with Crippen molar-refractivity contribution in [2.75, 3.05) is 11.5 Å². The fourth-order valence-electron chi connectivity index (χ4n) is 2.12. The summed E-state index contributed by atoms with van der Waals surface area (Å²) in [6.45, 7) is 3.42. The van der Waals surface area contributed by atoms with E-state index in [0.717, 1.165) is 4.90 Å². The lowest BCUT2D eigenvalue weighted by molar-refractivity contribution is -0.138. The molecule has 0 fully saturated rings. The minimum atomic E-state index is -1.12. The highest BCUT2D eigenvalue weighted by atomic mass is 16.6. The van der Waals surface area contributed by atoms with Gasteiger partial charge in [0, 0.05) is 6.42 Å². The smallest absolute Gasteiger partial charge is 0.415 e. The number of anilines is 1. The maximum Gasteiger partial charge on any atom is 0.415 e. The highest BCUT2D eigenvalue weighted by molar-refractivity contribution is 5.98. The molecule has 6 heteroatoms. The minimum Gasteiger partial charge on any atom is -0.480 e. The first-order valence-corrected chi connectivity index (χ1v) is 5.91. The molecule has 102 valence electrons. The van der Waals surface area contributed by atoms with Gasteiger partial charge in [0.05, 0.1) is 17.3 Å². The van der Waals surface area contributed by atoms with Crippen LogP contribution in [0.5, 0.6) is 0 Å². The number of rotatable bonds is 3. The third kappa shape index (κ3) is 2.34. The van der Waals surface area contributed by atoms with Crippen molar-refractivity contribution in [1.82, 2.24) is 0 Å². The number of nitrogens with zero attached hydrogens (tertiary/aromatic N) is 2. The average molecular weight is 272 g/mol. The number of amides is 1. The molecule has 0 radical (unpaired) electrons. The van der Waals surface area contributed by atoms with Crippen LogP contribution < -0.4 is 4.90 Å². The van der Waals surface area contributed by atoms with Gasteiger partial charge in [0.1, 0.15) is 12.6 Å². The van der Waals surface area contributed by atoms with E-state index in [1.807, 2.05) is 6.07 Å². The first kappa shape index (κ1) is 13.6. The zero-order valence-corrected chi connectivity index (χ0v) is 10.6. The largest absolute Gasteiger partial charge is 0.480 e. The lowest BCUT2D eigenvalue weighted by Gasteiger charge is -2.21. The Morgan fingerprint density at radius 2 is 2.35 bits per heavy atom. The summed E-state index contributed by atoms with van der Waals surface area (Å²) in [6.07, 6.45) is 0.835. The summed E-state index contributed by atoms with van der Waals surface area (Å²) >= 11 is 0. The Bertz CT molecular complexity index is 618. The summed E-state index contributed by atoms with van der Waals surface area (Å²) in [6, 6.07) is 5.69. The SMILES string of the molecule is C=CCOC(=O)N1c2cc(C#N)ccc2CC1C(=O)O. The predicted octanol–water partition coefficient (Wildman–Crippen LogP) is 1.70. The Kier molecular flexibility index (Phi) is 3.71. The van der Waals surface area contributed by atoms with E-state index in [4.69, 9.17) is 10.00 Å². The van der Waals surface area contributed by atoms with Crippen LogP contribution in [-0.4, -0.2) is 29.8 Å². The van der Waals surface area contributed by atoms with Gasteiger partial charge in [0.25, 0.3) is 0 Å². The van der Waals surface area contributed by atoms with E-state index in [-0.39, 0.29) is 13.0 Å². The predicted molar refractivity (Wildman–Crippen MR) is 70.3 cm³/mol. The molecule has 0 saturated heterocycles. The second-order valence-electron chi connectivity index (χ2n) is 4.25. The van der Waals surface area contributed by atoms with Gasteiger partial charge in [-0.3, -0.25) is 4.90 Å². The minimum absolute atomic E-state index is 0.00501. The number of ether oxygens (including phenoxy) is 1. The fourth-order valence-corrected chi connectivity index (χ4v) is 2.12. The number of carbonyl (C=O) groups is 2. The molecular weight excluding hydrogens is 260 g/mol. The molecule has 0 aromatic heterocycles. The number of fused-ring (bicyclic) bond motifs is 1. The summed E-state index contributed by atoms with van der Waals surface area (Å²) in [5.74, 6) is -1.12. The monoisotopic (exact) mass is 272 g/mol. The van der Waals surface area contributed by atoms with E-state index < -0.39 is 18.1 Å². The molecule has 1 atom stereocenters. The number of carboxylic acid groups (broad SMARTS) is 1. The molecule has 1 aromatic carbocycles. The van der Waals surface area contributed by atoms with E-state index >= 15 is 0 Å². The van der Waals surface area contributed by atoms with E-state index in [0.29, 0.717) is 16.8 Å². The van der Waals surface area contributed by atoms with Gasteiger partial charge in [0.15, 0.2) is 0 Å². The Hall–Kier alpha value is -2.81. The standard InChI is InChI=1S/C14H12N2O4/c1-2-5-20-14(19)16-11-6-9(8-15)3-4-10(11)7-12(16)13(17)18/h2-4,6,12H,1,5,7H2,(H,17,18). The highest BCUT2D eigenvalue weighted by Gasteiger charge is 2.39.